The monoisotopic (exact) mass is 403 g/mol. The Morgan fingerprint density at radius 1 is 1.10 bits per heavy atom. The molecule has 0 radical (unpaired) electrons. The van der Waals surface area contributed by atoms with Crippen molar-refractivity contribution in [3.05, 3.63) is 54.1 Å². The maximum absolute atomic E-state index is 13.6. The molecule has 0 aromatic heterocycles. The van der Waals surface area contributed by atoms with E-state index in [0.29, 0.717) is 0 Å². The highest BCUT2D eigenvalue weighted by Crippen LogP contribution is 2.80. The van der Waals surface area contributed by atoms with Gasteiger partial charge in [0.25, 0.3) is 0 Å². The maximum Gasteiger partial charge on any atom is 0.165 e. The van der Waals surface area contributed by atoms with Crippen LogP contribution in [0.3, 0.4) is 0 Å². The molecule has 156 valence electrons. The van der Waals surface area contributed by atoms with Crippen LogP contribution in [0.2, 0.25) is 0 Å². The summed E-state index contributed by atoms with van der Waals surface area (Å²) in [5.74, 6) is 1.08. The van der Waals surface area contributed by atoms with Crippen LogP contribution >= 0.6 is 0 Å². The highest BCUT2D eigenvalue weighted by atomic mass is 16.7. The lowest BCUT2D eigenvalue weighted by molar-refractivity contribution is -0.133. The molecule has 4 nitrogen and oxygen atoms in total. The van der Waals surface area contributed by atoms with Crippen molar-refractivity contribution >= 4 is 11.5 Å². The predicted molar refractivity (Wildman–Crippen MR) is 115 cm³/mol. The smallest absolute Gasteiger partial charge is 0.165 e. The van der Waals surface area contributed by atoms with Crippen molar-refractivity contribution in [2.75, 3.05) is 7.11 Å². The van der Waals surface area contributed by atoms with Gasteiger partial charge in [-0.05, 0) is 55.0 Å². The molecule has 1 heterocycles. The van der Waals surface area contributed by atoms with E-state index in [1.807, 2.05) is 25.1 Å². The molecule has 1 aromatic carbocycles. The Bertz CT molecular complexity index is 1020. The largest absolute Gasteiger partial charge is 0.497 e. The molecule has 6 atom stereocenters. The number of carbonyl (C=O) groups is 1. The van der Waals surface area contributed by atoms with E-state index in [2.05, 4.69) is 36.4 Å². The number of nitrogens with zero attached hydrogens (tertiary/aromatic N) is 1. The number of hydrogen-bond acceptors (Lipinski definition) is 4. The summed E-state index contributed by atoms with van der Waals surface area (Å²) in [5.41, 5.74) is 1.37. The van der Waals surface area contributed by atoms with Gasteiger partial charge in [-0.25, -0.2) is 0 Å². The summed E-state index contributed by atoms with van der Waals surface area (Å²) in [4.78, 5) is 19.8. The second kappa shape index (κ2) is 5.66. The average Bonchev–Trinajstić information content (AvgIpc) is 3.33. The number of benzene rings is 1. The Labute approximate surface area is 178 Å². The Balaban J connectivity index is 1.61. The zero-order chi connectivity index (χ0) is 20.8. The molecule has 2 saturated carbocycles. The first-order chi connectivity index (χ1) is 14.4. The molecule has 6 rings (SSSR count). The fourth-order valence-electron chi connectivity index (χ4n) is 8.22. The summed E-state index contributed by atoms with van der Waals surface area (Å²) in [6.45, 7) is 4.48. The van der Waals surface area contributed by atoms with Gasteiger partial charge in [0, 0.05) is 29.1 Å². The van der Waals surface area contributed by atoms with Gasteiger partial charge in [-0.2, -0.15) is 0 Å². The minimum absolute atomic E-state index is 0.0172. The molecule has 0 amide bonds. The highest BCUT2D eigenvalue weighted by molar-refractivity contribution is 5.97. The zero-order valence-corrected chi connectivity index (χ0v) is 18.0. The lowest BCUT2D eigenvalue weighted by Crippen LogP contribution is -2.53. The van der Waals surface area contributed by atoms with Crippen molar-refractivity contribution < 1.29 is 14.4 Å². The van der Waals surface area contributed by atoms with Crippen molar-refractivity contribution in [3.8, 4) is 5.75 Å². The van der Waals surface area contributed by atoms with Gasteiger partial charge >= 0.3 is 0 Å². The zero-order valence-electron chi connectivity index (χ0n) is 18.0. The summed E-state index contributed by atoms with van der Waals surface area (Å²) < 4.78 is 5.42. The van der Waals surface area contributed by atoms with Crippen molar-refractivity contribution in [1.82, 2.24) is 0 Å². The summed E-state index contributed by atoms with van der Waals surface area (Å²) in [7, 11) is 1.70. The van der Waals surface area contributed by atoms with Crippen LogP contribution in [0.5, 0.6) is 5.75 Å². The molecule has 30 heavy (non-hydrogen) atoms. The SMILES string of the molecule is COc1ccc([C@]23C=C[C@@]4(CCCC[C@]24C)C2C3C(=O)C=CC23CC(C)=NO3)cc1. The number of oxime groups is 1. The van der Waals surface area contributed by atoms with Crippen LogP contribution < -0.4 is 4.74 Å². The third-order valence-corrected chi connectivity index (χ3v) is 9.31. The summed E-state index contributed by atoms with van der Waals surface area (Å²) in [6.07, 6.45) is 14.1. The van der Waals surface area contributed by atoms with Gasteiger partial charge in [-0.3, -0.25) is 4.79 Å². The number of hydrogen-bond donors (Lipinski definition) is 0. The van der Waals surface area contributed by atoms with Gasteiger partial charge in [-0.15, -0.1) is 0 Å². The minimum atomic E-state index is -0.500. The van der Waals surface area contributed by atoms with E-state index < -0.39 is 5.60 Å². The molecule has 1 aliphatic heterocycles. The van der Waals surface area contributed by atoms with E-state index >= 15 is 0 Å². The molecule has 1 spiro atoms. The molecule has 1 aromatic rings. The third kappa shape index (κ3) is 1.81. The number of fused-ring (bicyclic) bond motifs is 3. The fraction of sp³-hybridized carbons (Fsp3) is 0.538. The van der Waals surface area contributed by atoms with E-state index in [9.17, 15) is 4.79 Å². The van der Waals surface area contributed by atoms with Crippen LogP contribution in [0.15, 0.2) is 53.7 Å². The van der Waals surface area contributed by atoms with Gasteiger partial charge in [0.05, 0.1) is 12.8 Å². The van der Waals surface area contributed by atoms with E-state index in [-0.39, 0.29) is 33.9 Å². The van der Waals surface area contributed by atoms with Crippen LogP contribution in [0, 0.1) is 22.7 Å². The number of methoxy groups -OCH3 is 1. The Kier molecular flexibility index (Phi) is 3.47. The molecule has 4 aliphatic carbocycles. The van der Waals surface area contributed by atoms with Gasteiger partial charge < -0.3 is 9.57 Å². The van der Waals surface area contributed by atoms with Crippen molar-refractivity contribution in [3.63, 3.8) is 0 Å². The Morgan fingerprint density at radius 3 is 2.57 bits per heavy atom. The maximum atomic E-state index is 13.6. The van der Waals surface area contributed by atoms with E-state index in [0.717, 1.165) is 30.7 Å². The van der Waals surface area contributed by atoms with Crippen LogP contribution in [0.1, 0.15) is 51.5 Å². The van der Waals surface area contributed by atoms with Gasteiger partial charge in [0.1, 0.15) is 5.75 Å². The lowest BCUT2D eigenvalue weighted by Gasteiger charge is -2.52. The first kappa shape index (κ1) is 18.4. The molecule has 0 N–H and O–H groups in total. The normalized spacial score (nSPS) is 45.3. The molecule has 4 heteroatoms. The minimum Gasteiger partial charge on any atom is -0.497 e. The van der Waals surface area contributed by atoms with E-state index in [1.54, 1.807) is 13.2 Å². The van der Waals surface area contributed by atoms with Crippen LogP contribution in [-0.2, 0) is 15.0 Å². The number of ether oxygens (including phenoxy) is 1. The summed E-state index contributed by atoms with van der Waals surface area (Å²) in [5, 5.41) is 4.37. The van der Waals surface area contributed by atoms with Gasteiger partial charge in [-0.1, -0.05) is 49.2 Å². The van der Waals surface area contributed by atoms with Crippen molar-refractivity contribution in [1.29, 1.82) is 0 Å². The first-order valence-electron chi connectivity index (χ1n) is 11.2. The quantitative estimate of drug-likeness (QED) is 0.654. The summed E-state index contributed by atoms with van der Waals surface area (Å²) >= 11 is 0. The van der Waals surface area contributed by atoms with Gasteiger partial charge in [0.15, 0.2) is 11.4 Å². The topological polar surface area (TPSA) is 47.9 Å². The molecular formula is C26H29NO3. The number of rotatable bonds is 2. The first-order valence-corrected chi connectivity index (χ1v) is 11.2. The number of ketones is 1. The van der Waals surface area contributed by atoms with E-state index in [4.69, 9.17) is 9.57 Å². The molecule has 3 unspecified atom stereocenters. The van der Waals surface area contributed by atoms with Crippen molar-refractivity contribution in [2.24, 2.45) is 27.8 Å². The molecule has 2 bridgehead atoms. The Hall–Kier alpha value is -2.36. The number of carbonyl (C=O) groups excluding carboxylic acids is 1. The standard InChI is InChI=1S/C26H29NO3/c1-17-16-25(30-27-17)13-10-20(28)21-22(25)24-12-5-4-11-23(24,2)26(21,15-14-24)18-6-8-19(29-3)9-7-18/h6-10,13-15,21-22H,4-5,11-12,16H2,1-3H3/t21?,22?,23-,24-,25?,26-/m0/s1. The third-order valence-electron chi connectivity index (χ3n) is 9.31. The van der Waals surface area contributed by atoms with Crippen LogP contribution in [0.25, 0.3) is 0 Å². The molecule has 0 saturated heterocycles. The highest BCUT2D eigenvalue weighted by Gasteiger charge is 2.81. The molecule has 2 fully saturated rings. The lowest BCUT2D eigenvalue weighted by atomic mass is 9.52. The molecular weight excluding hydrogens is 374 g/mol. The fourth-order valence-corrected chi connectivity index (χ4v) is 8.22. The summed E-state index contributed by atoms with van der Waals surface area (Å²) in [6, 6.07) is 8.43. The van der Waals surface area contributed by atoms with E-state index in [1.165, 1.54) is 18.4 Å². The van der Waals surface area contributed by atoms with Gasteiger partial charge in [0.2, 0.25) is 0 Å². The number of allylic oxidation sites excluding steroid dienone is 3. The Morgan fingerprint density at radius 2 is 1.87 bits per heavy atom. The predicted octanol–water partition coefficient (Wildman–Crippen LogP) is 4.99. The molecule has 5 aliphatic rings. The second-order valence-electron chi connectivity index (χ2n) is 10.3. The second-order valence-corrected chi connectivity index (χ2v) is 10.3. The van der Waals surface area contributed by atoms with Crippen LogP contribution in [0.4, 0.5) is 0 Å². The van der Waals surface area contributed by atoms with Crippen LogP contribution in [-0.4, -0.2) is 24.2 Å². The van der Waals surface area contributed by atoms with Crippen molar-refractivity contribution in [2.45, 2.75) is 57.0 Å². The average molecular weight is 404 g/mol.